The number of hydrogen-bond donors (Lipinski definition) is 1. The minimum Gasteiger partial charge on any atom is -0.397 e. The number of para-hydroxylation sites is 2. The largest absolute Gasteiger partial charge is 0.397 e. The van der Waals surface area contributed by atoms with E-state index in [1.807, 2.05) is 12.1 Å². The molecule has 1 saturated heterocycles. The van der Waals surface area contributed by atoms with Gasteiger partial charge in [-0.05, 0) is 31.0 Å². The van der Waals surface area contributed by atoms with E-state index in [-0.39, 0.29) is 0 Å². The number of nitrogen functional groups attached to an aromatic ring is 1. The van der Waals surface area contributed by atoms with Crippen LogP contribution in [0.15, 0.2) is 24.3 Å². The monoisotopic (exact) mass is 245 g/mol. The average molecular weight is 245 g/mol. The molecule has 2 fully saturated rings. The molecule has 18 heavy (non-hydrogen) atoms. The predicted molar refractivity (Wildman–Crippen MR) is 76.8 cm³/mol. The zero-order chi connectivity index (χ0) is 12.4. The van der Waals surface area contributed by atoms with Crippen molar-refractivity contribution in [2.45, 2.75) is 19.3 Å². The molecule has 3 rings (SSSR count). The van der Waals surface area contributed by atoms with Gasteiger partial charge in [-0.25, -0.2) is 0 Å². The van der Waals surface area contributed by atoms with Gasteiger partial charge in [0.1, 0.15) is 0 Å². The zero-order valence-electron chi connectivity index (χ0n) is 11.0. The minimum atomic E-state index is 0.906. The van der Waals surface area contributed by atoms with Crippen molar-refractivity contribution in [2.75, 3.05) is 43.4 Å². The summed E-state index contributed by atoms with van der Waals surface area (Å²) >= 11 is 0. The first-order valence-corrected chi connectivity index (χ1v) is 7.15. The van der Waals surface area contributed by atoms with Crippen LogP contribution in [-0.2, 0) is 0 Å². The number of hydrogen-bond acceptors (Lipinski definition) is 3. The number of benzene rings is 1. The van der Waals surface area contributed by atoms with Gasteiger partial charge in [0, 0.05) is 26.2 Å². The van der Waals surface area contributed by atoms with Gasteiger partial charge >= 0.3 is 0 Å². The maximum atomic E-state index is 6.04. The molecule has 1 aromatic carbocycles. The second kappa shape index (κ2) is 5.19. The lowest BCUT2D eigenvalue weighted by atomic mass is 10.2. The van der Waals surface area contributed by atoms with E-state index in [9.17, 15) is 0 Å². The quantitative estimate of drug-likeness (QED) is 0.825. The molecule has 98 valence electrons. The van der Waals surface area contributed by atoms with Gasteiger partial charge < -0.3 is 10.6 Å². The summed E-state index contributed by atoms with van der Waals surface area (Å²) in [6, 6.07) is 8.21. The fraction of sp³-hybridized carbons (Fsp3) is 0.600. The molecule has 0 radical (unpaired) electrons. The third kappa shape index (κ3) is 2.78. The predicted octanol–water partition coefficient (Wildman–Crippen LogP) is 2.19. The molecule has 1 aliphatic carbocycles. The number of anilines is 2. The second-order valence-electron chi connectivity index (χ2n) is 5.62. The first kappa shape index (κ1) is 11.8. The Morgan fingerprint density at radius 3 is 2.44 bits per heavy atom. The highest BCUT2D eigenvalue weighted by molar-refractivity contribution is 5.67. The summed E-state index contributed by atoms with van der Waals surface area (Å²) in [5.74, 6) is 1.05. The molecular weight excluding hydrogens is 222 g/mol. The van der Waals surface area contributed by atoms with E-state index < -0.39 is 0 Å². The normalized spacial score (nSPS) is 21.2. The lowest BCUT2D eigenvalue weighted by Gasteiger charge is -2.36. The molecule has 0 amide bonds. The van der Waals surface area contributed by atoms with Crippen LogP contribution in [-0.4, -0.2) is 37.6 Å². The molecule has 1 aliphatic heterocycles. The summed E-state index contributed by atoms with van der Waals surface area (Å²) in [6.07, 6.45) is 4.36. The smallest absolute Gasteiger partial charge is 0.0600 e. The molecule has 0 aromatic heterocycles. The number of nitrogens with zero attached hydrogens (tertiary/aromatic N) is 2. The van der Waals surface area contributed by atoms with E-state index >= 15 is 0 Å². The van der Waals surface area contributed by atoms with Crippen LogP contribution in [0.2, 0.25) is 0 Å². The first-order valence-electron chi connectivity index (χ1n) is 7.15. The van der Waals surface area contributed by atoms with Gasteiger partial charge in [0.25, 0.3) is 0 Å². The molecule has 2 aliphatic rings. The summed E-state index contributed by atoms with van der Waals surface area (Å²) in [5, 5.41) is 0. The van der Waals surface area contributed by atoms with Gasteiger partial charge in [-0.2, -0.15) is 0 Å². The highest BCUT2D eigenvalue weighted by atomic mass is 15.3. The van der Waals surface area contributed by atoms with Crippen LogP contribution in [0.5, 0.6) is 0 Å². The molecule has 1 heterocycles. The Morgan fingerprint density at radius 2 is 1.78 bits per heavy atom. The van der Waals surface area contributed by atoms with Crippen LogP contribution in [0.1, 0.15) is 19.3 Å². The Balaban J connectivity index is 1.51. The second-order valence-corrected chi connectivity index (χ2v) is 5.62. The maximum absolute atomic E-state index is 6.04. The molecular formula is C15H23N3. The highest BCUT2D eigenvalue weighted by Crippen LogP contribution is 2.32. The Labute approximate surface area is 110 Å². The molecule has 3 heteroatoms. The van der Waals surface area contributed by atoms with Crippen molar-refractivity contribution >= 4 is 11.4 Å². The fourth-order valence-corrected chi connectivity index (χ4v) is 2.76. The van der Waals surface area contributed by atoms with Crippen molar-refractivity contribution in [2.24, 2.45) is 5.92 Å². The molecule has 0 spiro atoms. The van der Waals surface area contributed by atoms with Gasteiger partial charge in [-0.15, -0.1) is 0 Å². The van der Waals surface area contributed by atoms with Crippen molar-refractivity contribution in [1.82, 2.24) is 4.90 Å². The van der Waals surface area contributed by atoms with Crippen LogP contribution in [0.25, 0.3) is 0 Å². The van der Waals surface area contributed by atoms with Crippen molar-refractivity contribution in [3.63, 3.8) is 0 Å². The summed E-state index contributed by atoms with van der Waals surface area (Å²) in [7, 11) is 0. The van der Waals surface area contributed by atoms with Crippen LogP contribution in [0, 0.1) is 5.92 Å². The lowest BCUT2D eigenvalue weighted by Crippen LogP contribution is -2.46. The Hall–Kier alpha value is -1.22. The molecule has 0 atom stereocenters. The van der Waals surface area contributed by atoms with E-state index in [1.165, 1.54) is 44.6 Å². The number of rotatable bonds is 4. The summed E-state index contributed by atoms with van der Waals surface area (Å²) < 4.78 is 0. The van der Waals surface area contributed by atoms with E-state index in [0.717, 1.165) is 24.7 Å². The van der Waals surface area contributed by atoms with Gasteiger partial charge in [0.05, 0.1) is 11.4 Å². The topological polar surface area (TPSA) is 32.5 Å². The van der Waals surface area contributed by atoms with E-state index in [2.05, 4.69) is 21.9 Å². The van der Waals surface area contributed by atoms with Gasteiger partial charge in [0.15, 0.2) is 0 Å². The van der Waals surface area contributed by atoms with Crippen molar-refractivity contribution in [3.05, 3.63) is 24.3 Å². The summed E-state index contributed by atoms with van der Waals surface area (Å²) in [6.45, 7) is 5.88. The van der Waals surface area contributed by atoms with Crippen LogP contribution >= 0.6 is 0 Å². The van der Waals surface area contributed by atoms with Crippen molar-refractivity contribution in [1.29, 1.82) is 0 Å². The molecule has 3 nitrogen and oxygen atoms in total. The highest BCUT2D eigenvalue weighted by Gasteiger charge is 2.23. The Bertz CT molecular complexity index is 392. The van der Waals surface area contributed by atoms with Crippen LogP contribution in [0.3, 0.4) is 0 Å². The number of nitrogens with two attached hydrogens (primary N) is 1. The fourth-order valence-electron chi connectivity index (χ4n) is 2.76. The van der Waals surface area contributed by atoms with Crippen LogP contribution < -0.4 is 10.6 Å². The molecule has 0 bridgehead atoms. The zero-order valence-corrected chi connectivity index (χ0v) is 11.0. The maximum Gasteiger partial charge on any atom is 0.0600 e. The van der Waals surface area contributed by atoms with Crippen LogP contribution in [0.4, 0.5) is 11.4 Å². The van der Waals surface area contributed by atoms with E-state index in [1.54, 1.807) is 0 Å². The number of piperazine rings is 1. The van der Waals surface area contributed by atoms with E-state index in [4.69, 9.17) is 5.73 Å². The first-order chi connectivity index (χ1) is 8.83. The lowest BCUT2D eigenvalue weighted by molar-refractivity contribution is 0.250. The van der Waals surface area contributed by atoms with Crippen molar-refractivity contribution in [3.8, 4) is 0 Å². The standard InChI is InChI=1S/C15H23N3/c16-14-3-1-2-4-15(14)18-11-9-17(10-12-18)8-7-13-5-6-13/h1-4,13H,5-12,16H2. The molecule has 1 aromatic rings. The average Bonchev–Trinajstić information content (AvgIpc) is 3.22. The summed E-state index contributed by atoms with van der Waals surface area (Å²) in [5.41, 5.74) is 8.15. The van der Waals surface area contributed by atoms with E-state index in [0.29, 0.717) is 0 Å². The third-order valence-corrected chi connectivity index (χ3v) is 4.20. The molecule has 2 N–H and O–H groups in total. The molecule has 0 unspecified atom stereocenters. The van der Waals surface area contributed by atoms with Gasteiger partial charge in [0.2, 0.25) is 0 Å². The van der Waals surface area contributed by atoms with Gasteiger partial charge in [-0.1, -0.05) is 25.0 Å². The molecule has 1 saturated carbocycles. The van der Waals surface area contributed by atoms with Gasteiger partial charge in [-0.3, -0.25) is 4.90 Å². The minimum absolute atomic E-state index is 0.906. The Kier molecular flexibility index (Phi) is 3.41. The Morgan fingerprint density at radius 1 is 1.06 bits per heavy atom. The SMILES string of the molecule is Nc1ccccc1N1CCN(CCC2CC2)CC1. The van der Waals surface area contributed by atoms with Crippen molar-refractivity contribution < 1.29 is 0 Å². The summed E-state index contributed by atoms with van der Waals surface area (Å²) in [4.78, 5) is 5.02. The third-order valence-electron chi connectivity index (χ3n) is 4.20.